The molecule has 0 heterocycles. The third kappa shape index (κ3) is 3.71. The Labute approximate surface area is 96.3 Å². The van der Waals surface area contributed by atoms with E-state index in [2.05, 4.69) is 25.3 Å². The number of thiol groups is 2. The van der Waals surface area contributed by atoms with E-state index in [4.69, 9.17) is 10.8 Å². The third-order valence-electron chi connectivity index (χ3n) is 2.17. The van der Waals surface area contributed by atoms with Crippen LogP contribution in [-0.2, 0) is 4.79 Å². The zero-order valence-corrected chi connectivity index (χ0v) is 10.8. The van der Waals surface area contributed by atoms with E-state index in [-0.39, 0.29) is 5.92 Å². The summed E-state index contributed by atoms with van der Waals surface area (Å²) in [5, 5.41) is 8.89. The zero-order chi connectivity index (χ0) is 11.7. The van der Waals surface area contributed by atoms with Gasteiger partial charge in [-0.1, -0.05) is 27.7 Å². The van der Waals surface area contributed by atoms with Crippen LogP contribution in [0.2, 0.25) is 0 Å². The summed E-state index contributed by atoms with van der Waals surface area (Å²) in [4.78, 5) is 10.8. The van der Waals surface area contributed by atoms with Gasteiger partial charge < -0.3 is 10.8 Å². The normalized spacial score (nSPS) is 15.7. The molecule has 0 aliphatic carbocycles. The van der Waals surface area contributed by atoms with Crippen LogP contribution in [0.25, 0.3) is 0 Å². The van der Waals surface area contributed by atoms with Crippen LogP contribution in [0.4, 0.5) is 0 Å². The van der Waals surface area contributed by atoms with Gasteiger partial charge in [-0.25, -0.2) is 0 Å². The zero-order valence-electron chi connectivity index (χ0n) is 8.98. The van der Waals surface area contributed by atoms with Crippen LogP contribution in [0.5, 0.6) is 0 Å². The van der Waals surface area contributed by atoms with Crippen LogP contribution in [0.15, 0.2) is 0 Å². The Bertz CT molecular complexity index is 204. The first-order chi connectivity index (χ1) is 5.98. The van der Waals surface area contributed by atoms with Gasteiger partial charge in [-0.15, -0.1) is 0 Å². The summed E-state index contributed by atoms with van der Waals surface area (Å²) >= 11 is 8.77. The second-order valence-corrected chi connectivity index (χ2v) is 6.95. The van der Waals surface area contributed by atoms with Gasteiger partial charge in [-0.3, -0.25) is 4.79 Å². The number of carboxylic acids is 1. The SMILES string of the molecule is CC(C)(S)C([C@H](N)C(=O)O)C(C)(C)S. The molecule has 0 aliphatic heterocycles. The topological polar surface area (TPSA) is 63.3 Å². The monoisotopic (exact) mass is 237 g/mol. The van der Waals surface area contributed by atoms with Crippen molar-refractivity contribution < 1.29 is 9.90 Å². The number of aliphatic carboxylic acids is 1. The summed E-state index contributed by atoms with van der Waals surface area (Å²) in [5.41, 5.74) is 5.64. The molecule has 0 amide bonds. The van der Waals surface area contributed by atoms with Crippen molar-refractivity contribution in [3.05, 3.63) is 0 Å². The predicted octanol–water partition coefficient (Wildman–Crippen LogP) is 1.43. The van der Waals surface area contributed by atoms with Gasteiger partial charge in [0.05, 0.1) is 0 Å². The van der Waals surface area contributed by atoms with Gasteiger partial charge in [0.1, 0.15) is 6.04 Å². The fourth-order valence-electron chi connectivity index (χ4n) is 1.89. The molecule has 0 aliphatic rings. The second kappa shape index (κ2) is 4.33. The lowest BCUT2D eigenvalue weighted by Crippen LogP contribution is -2.53. The Morgan fingerprint density at radius 2 is 1.50 bits per heavy atom. The standard InChI is InChI=1S/C9H19NO2S2/c1-8(2,13)6(9(3,4)14)5(10)7(11)12/h5-6,13-14H,10H2,1-4H3,(H,11,12)/t5-/m0/s1. The molecule has 0 rings (SSSR count). The number of carboxylic acid groups (broad SMARTS) is 1. The van der Waals surface area contributed by atoms with Crippen LogP contribution in [0, 0.1) is 5.92 Å². The highest BCUT2D eigenvalue weighted by Gasteiger charge is 2.43. The molecule has 0 spiro atoms. The molecular formula is C9H19NO2S2. The smallest absolute Gasteiger partial charge is 0.320 e. The Morgan fingerprint density at radius 1 is 1.21 bits per heavy atom. The minimum absolute atomic E-state index is 0.320. The maximum Gasteiger partial charge on any atom is 0.320 e. The van der Waals surface area contributed by atoms with E-state index < -0.39 is 21.5 Å². The number of carbonyl (C=O) groups is 1. The number of hydrogen-bond donors (Lipinski definition) is 4. The van der Waals surface area contributed by atoms with Gasteiger partial charge >= 0.3 is 5.97 Å². The van der Waals surface area contributed by atoms with Crippen molar-refractivity contribution in [2.24, 2.45) is 11.7 Å². The summed E-state index contributed by atoms with van der Waals surface area (Å²) in [6.45, 7) is 7.40. The average Bonchev–Trinajstić information content (AvgIpc) is 1.79. The summed E-state index contributed by atoms with van der Waals surface area (Å²) in [6, 6.07) is -0.949. The summed E-state index contributed by atoms with van der Waals surface area (Å²) < 4.78 is -0.966. The van der Waals surface area contributed by atoms with Gasteiger partial charge in [0.25, 0.3) is 0 Å². The number of hydrogen-bond acceptors (Lipinski definition) is 4. The van der Waals surface area contributed by atoms with Crippen molar-refractivity contribution in [3.8, 4) is 0 Å². The minimum Gasteiger partial charge on any atom is -0.480 e. The molecule has 84 valence electrons. The van der Waals surface area contributed by atoms with Crippen molar-refractivity contribution in [1.82, 2.24) is 0 Å². The molecule has 0 aromatic heterocycles. The van der Waals surface area contributed by atoms with Crippen molar-refractivity contribution in [1.29, 1.82) is 0 Å². The van der Waals surface area contributed by atoms with Crippen molar-refractivity contribution >= 4 is 31.2 Å². The first-order valence-corrected chi connectivity index (χ1v) is 5.30. The van der Waals surface area contributed by atoms with Crippen LogP contribution in [-0.4, -0.2) is 26.6 Å². The molecule has 0 unspecified atom stereocenters. The van der Waals surface area contributed by atoms with Gasteiger partial charge in [0.15, 0.2) is 0 Å². The Balaban J connectivity index is 5.03. The van der Waals surface area contributed by atoms with E-state index in [0.717, 1.165) is 0 Å². The highest BCUT2D eigenvalue weighted by Crippen LogP contribution is 2.38. The Morgan fingerprint density at radius 3 is 1.57 bits per heavy atom. The first kappa shape index (κ1) is 14.1. The average molecular weight is 237 g/mol. The largest absolute Gasteiger partial charge is 0.480 e. The van der Waals surface area contributed by atoms with Gasteiger partial charge in [-0.2, -0.15) is 25.3 Å². The van der Waals surface area contributed by atoms with E-state index in [0.29, 0.717) is 0 Å². The van der Waals surface area contributed by atoms with Crippen molar-refractivity contribution in [2.45, 2.75) is 43.2 Å². The molecule has 0 radical (unpaired) electrons. The minimum atomic E-state index is -1.01. The first-order valence-electron chi connectivity index (χ1n) is 4.41. The fourth-order valence-corrected chi connectivity index (χ4v) is 2.95. The molecule has 5 heteroatoms. The van der Waals surface area contributed by atoms with Gasteiger partial charge in [0.2, 0.25) is 0 Å². The Kier molecular flexibility index (Phi) is 4.37. The fraction of sp³-hybridized carbons (Fsp3) is 0.889. The molecule has 0 bridgehead atoms. The molecule has 0 saturated carbocycles. The summed E-state index contributed by atoms with van der Waals surface area (Å²) in [5.74, 6) is -1.33. The predicted molar refractivity (Wildman–Crippen MR) is 65.2 cm³/mol. The summed E-state index contributed by atoms with van der Waals surface area (Å²) in [7, 11) is 0. The van der Waals surface area contributed by atoms with E-state index in [1.165, 1.54) is 0 Å². The second-order valence-electron chi connectivity index (χ2n) is 4.65. The third-order valence-corrected chi connectivity index (χ3v) is 2.72. The lowest BCUT2D eigenvalue weighted by atomic mass is 9.78. The van der Waals surface area contributed by atoms with Crippen LogP contribution < -0.4 is 5.73 Å². The molecule has 14 heavy (non-hydrogen) atoms. The lowest BCUT2D eigenvalue weighted by molar-refractivity contribution is -0.140. The molecule has 0 fully saturated rings. The molecule has 0 aromatic rings. The Hall–Kier alpha value is 0.130. The number of nitrogens with two attached hydrogens (primary N) is 1. The maximum absolute atomic E-state index is 10.8. The quantitative estimate of drug-likeness (QED) is 0.559. The van der Waals surface area contributed by atoms with Crippen molar-refractivity contribution in [3.63, 3.8) is 0 Å². The number of rotatable bonds is 4. The molecule has 0 aromatic carbocycles. The van der Waals surface area contributed by atoms with Crippen LogP contribution in [0.3, 0.4) is 0 Å². The van der Waals surface area contributed by atoms with Crippen LogP contribution in [0.1, 0.15) is 27.7 Å². The van der Waals surface area contributed by atoms with Crippen molar-refractivity contribution in [2.75, 3.05) is 0 Å². The highest BCUT2D eigenvalue weighted by atomic mass is 32.1. The van der Waals surface area contributed by atoms with Crippen LogP contribution >= 0.6 is 25.3 Å². The molecule has 3 N–H and O–H groups in total. The molecular weight excluding hydrogens is 218 g/mol. The van der Waals surface area contributed by atoms with E-state index in [1.54, 1.807) is 0 Å². The highest BCUT2D eigenvalue weighted by molar-refractivity contribution is 7.82. The molecule has 1 atom stereocenters. The molecule has 3 nitrogen and oxygen atoms in total. The van der Waals surface area contributed by atoms with E-state index in [9.17, 15) is 4.79 Å². The molecule has 0 saturated heterocycles. The lowest BCUT2D eigenvalue weighted by Gasteiger charge is -2.41. The van der Waals surface area contributed by atoms with Gasteiger partial charge in [0, 0.05) is 15.4 Å². The van der Waals surface area contributed by atoms with E-state index >= 15 is 0 Å². The van der Waals surface area contributed by atoms with E-state index in [1.807, 2.05) is 27.7 Å². The maximum atomic E-state index is 10.8. The summed E-state index contributed by atoms with van der Waals surface area (Å²) in [6.07, 6.45) is 0. The van der Waals surface area contributed by atoms with Gasteiger partial charge in [-0.05, 0) is 0 Å².